The molecule has 8 heteroatoms. The first-order valence-electron chi connectivity index (χ1n) is 9.36. The molecule has 0 spiro atoms. The number of ether oxygens (including phenoxy) is 1. The van der Waals surface area contributed by atoms with Crippen molar-refractivity contribution in [3.63, 3.8) is 0 Å². The number of halogens is 1. The zero-order valence-corrected chi connectivity index (χ0v) is 17.4. The molecule has 2 heterocycles. The van der Waals surface area contributed by atoms with Gasteiger partial charge in [0, 0.05) is 17.3 Å². The van der Waals surface area contributed by atoms with Crippen LogP contribution in [0, 0.1) is 5.92 Å². The fraction of sp³-hybridized carbons (Fsp3) is 0.579. The quantitative estimate of drug-likeness (QED) is 0.526. The van der Waals surface area contributed by atoms with Crippen LogP contribution in [0.25, 0.3) is 10.9 Å². The number of aliphatic hydroxyl groups is 1. The monoisotopic (exact) mass is 412 g/mol. The molecular weight excluding hydrogens is 386 g/mol. The van der Waals surface area contributed by atoms with Crippen molar-refractivity contribution in [2.45, 2.75) is 31.7 Å². The van der Waals surface area contributed by atoms with E-state index >= 15 is 0 Å². The van der Waals surface area contributed by atoms with Gasteiger partial charge in [0.2, 0.25) is 0 Å². The number of nitrogens with zero attached hydrogens (tertiary/aromatic N) is 2. The Hall–Kier alpha value is -1.12. The van der Waals surface area contributed by atoms with Crippen molar-refractivity contribution in [1.29, 1.82) is 0 Å². The van der Waals surface area contributed by atoms with E-state index in [1.807, 2.05) is 0 Å². The van der Waals surface area contributed by atoms with Crippen molar-refractivity contribution in [2.24, 2.45) is 5.92 Å². The van der Waals surface area contributed by atoms with Gasteiger partial charge in [-0.1, -0.05) is 37.2 Å². The summed E-state index contributed by atoms with van der Waals surface area (Å²) >= 11 is 7.50. The second-order valence-electron chi connectivity index (χ2n) is 7.40. The molecule has 1 aliphatic heterocycles. The van der Waals surface area contributed by atoms with Crippen molar-refractivity contribution in [3.8, 4) is 0 Å². The SMILES string of the molecule is CC(C)Cn1c(SC[C@@H](O)C[NH+]2CCOCC2)nc2ccc(Cl)cc2c1=O. The summed E-state index contributed by atoms with van der Waals surface area (Å²) in [5.41, 5.74) is 0.562. The normalized spacial score (nSPS) is 16.9. The predicted octanol–water partition coefficient (Wildman–Crippen LogP) is 1.07. The molecular formula is C19H27ClN3O3S+. The lowest BCUT2D eigenvalue weighted by Gasteiger charge is -2.25. The van der Waals surface area contributed by atoms with Crippen LogP contribution in [-0.2, 0) is 11.3 Å². The number of aromatic nitrogens is 2. The highest BCUT2D eigenvalue weighted by atomic mass is 35.5. The zero-order valence-electron chi connectivity index (χ0n) is 15.8. The molecule has 0 radical (unpaired) electrons. The van der Waals surface area contributed by atoms with Crippen molar-refractivity contribution in [3.05, 3.63) is 33.6 Å². The molecule has 3 rings (SSSR count). The Labute approximate surface area is 168 Å². The lowest BCUT2D eigenvalue weighted by atomic mass is 10.2. The number of nitrogens with one attached hydrogen (secondary N) is 1. The van der Waals surface area contributed by atoms with E-state index in [2.05, 4.69) is 18.8 Å². The molecule has 2 aromatic rings. The molecule has 1 atom stereocenters. The summed E-state index contributed by atoms with van der Waals surface area (Å²) in [7, 11) is 0. The topological polar surface area (TPSA) is 68.8 Å². The predicted molar refractivity (Wildman–Crippen MR) is 109 cm³/mol. The van der Waals surface area contributed by atoms with E-state index in [1.165, 1.54) is 16.7 Å². The van der Waals surface area contributed by atoms with Crippen LogP contribution in [0.5, 0.6) is 0 Å². The van der Waals surface area contributed by atoms with E-state index in [4.69, 9.17) is 16.3 Å². The molecule has 0 bridgehead atoms. The summed E-state index contributed by atoms with van der Waals surface area (Å²) in [6.45, 7) is 8.76. The maximum absolute atomic E-state index is 13.0. The molecule has 148 valence electrons. The van der Waals surface area contributed by atoms with Gasteiger partial charge in [0.15, 0.2) is 5.16 Å². The summed E-state index contributed by atoms with van der Waals surface area (Å²) in [6, 6.07) is 5.19. The molecule has 1 aromatic heterocycles. The van der Waals surface area contributed by atoms with Crippen molar-refractivity contribution < 1.29 is 14.7 Å². The minimum absolute atomic E-state index is 0.0769. The Kier molecular flexibility index (Phi) is 7.16. The number of morpholine rings is 1. The smallest absolute Gasteiger partial charge is 0.262 e. The van der Waals surface area contributed by atoms with Crippen LogP contribution in [0.1, 0.15) is 13.8 Å². The lowest BCUT2D eigenvalue weighted by Crippen LogP contribution is -3.15. The van der Waals surface area contributed by atoms with Crippen LogP contribution in [-0.4, -0.2) is 59.4 Å². The number of benzene rings is 1. The number of thioether (sulfide) groups is 1. The van der Waals surface area contributed by atoms with Crippen molar-refractivity contribution in [2.75, 3.05) is 38.6 Å². The Bertz CT molecular complexity index is 837. The molecule has 1 aromatic carbocycles. The van der Waals surface area contributed by atoms with Crippen LogP contribution < -0.4 is 10.5 Å². The summed E-state index contributed by atoms with van der Waals surface area (Å²) in [5, 5.41) is 12.2. The first kappa shape index (κ1) is 20.6. The van der Waals surface area contributed by atoms with Crippen molar-refractivity contribution in [1.82, 2.24) is 9.55 Å². The minimum atomic E-state index is -0.451. The molecule has 1 saturated heterocycles. The van der Waals surface area contributed by atoms with Gasteiger partial charge in [0.25, 0.3) is 5.56 Å². The Balaban J connectivity index is 1.79. The average Bonchev–Trinajstić information content (AvgIpc) is 2.64. The fourth-order valence-electron chi connectivity index (χ4n) is 3.24. The second-order valence-corrected chi connectivity index (χ2v) is 8.82. The van der Waals surface area contributed by atoms with Gasteiger partial charge in [-0.15, -0.1) is 0 Å². The highest BCUT2D eigenvalue weighted by molar-refractivity contribution is 7.99. The first-order valence-corrected chi connectivity index (χ1v) is 10.7. The van der Waals surface area contributed by atoms with E-state index < -0.39 is 6.10 Å². The van der Waals surface area contributed by atoms with E-state index in [0.717, 1.165) is 26.3 Å². The van der Waals surface area contributed by atoms with Crippen LogP contribution in [0.2, 0.25) is 5.02 Å². The van der Waals surface area contributed by atoms with Gasteiger partial charge in [-0.25, -0.2) is 4.98 Å². The summed E-state index contributed by atoms with van der Waals surface area (Å²) < 4.78 is 7.07. The third-order valence-corrected chi connectivity index (χ3v) is 5.91. The van der Waals surface area contributed by atoms with Gasteiger partial charge < -0.3 is 14.7 Å². The third kappa shape index (κ3) is 5.45. The fourth-order valence-corrected chi connectivity index (χ4v) is 4.34. The lowest BCUT2D eigenvalue weighted by molar-refractivity contribution is -0.910. The molecule has 6 nitrogen and oxygen atoms in total. The van der Waals surface area contributed by atoms with Gasteiger partial charge >= 0.3 is 0 Å². The third-order valence-electron chi connectivity index (χ3n) is 4.56. The largest absolute Gasteiger partial charge is 0.386 e. The van der Waals surface area contributed by atoms with E-state index in [9.17, 15) is 9.90 Å². The maximum Gasteiger partial charge on any atom is 0.262 e. The highest BCUT2D eigenvalue weighted by Crippen LogP contribution is 2.21. The second kappa shape index (κ2) is 9.39. The molecule has 1 fully saturated rings. The molecule has 27 heavy (non-hydrogen) atoms. The van der Waals surface area contributed by atoms with E-state index in [1.54, 1.807) is 22.8 Å². The number of aliphatic hydroxyl groups excluding tert-OH is 1. The highest BCUT2D eigenvalue weighted by Gasteiger charge is 2.20. The number of quaternary nitrogens is 1. The molecule has 2 N–H and O–H groups in total. The Morgan fingerprint density at radius 3 is 2.81 bits per heavy atom. The number of hydrogen-bond acceptors (Lipinski definition) is 5. The number of hydrogen-bond donors (Lipinski definition) is 2. The summed E-state index contributed by atoms with van der Waals surface area (Å²) in [4.78, 5) is 19.0. The number of rotatable bonds is 7. The summed E-state index contributed by atoms with van der Waals surface area (Å²) in [5.74, 6) is 0.816. The van der Waals surface area contributed by atoms with Crippen LogP contribution in [0.15, 0.2) is 28.2 Å². The molecule has 0 saturated carbocycles. The summed E-state index contributed by atoms with van der Waals surface area (Å²) in [6.07, 6.45) is -0.451. The maximum atomic E-state index is 13.0. The number of fused-ring (bicyclic) bond motifs is 1. The zero-order chi connectivity index (χ0) is 19.4. The van der Waals surface area contributed by atoms with Gasteiger partial charge in [-0.3, -0.25) is 9.36 Å². The van der Waals surface area contributed by atoms with E-state index in [-0.39, 0.29) is 5.56 Å². The first-order chi connectivity index (χ1) is 12.9. The van der Waals surface area contributed by atoms with Gasteiger partial charge in [-0.05, 0) is 24.1 Å². The average molecular weight is 413 g/mol. The Morgan fingerprint density at radius 1 is 1.37 bits per heavy atom. The standard InChI is InChI=1S/C19H26ClN3O3S/c1-13(2)10-23-18(25)16-9-14(20)3-4-17(16)21-19(23)27-12-15(24)11-22-5-7-26-8-6-22/h3-4,9,13,15,24H,5-8,10-12H2,1-2H3/p+1/t15-/m0/s1. The molecule has 1 aliphatic rings. The van der Waals surface area contributed by atoms with Crippen molar-refractivity contribution >= 4 is 34.3 Å². The van der Waals surface area contributed by atoms with Gasteiger partial charge in [0.05, 0.1) is 24.1 Å². The Morgan fingerprint density at radius 2 is 2.11 bits per heavy atom. The minimum Gasteiger partial charge on any atom is -0.386 e. The van der Waals surface area contributed by atoms with Gasteiger partial charge in [0.1, 0.15) is 25.7 Å². The van der Waals surface area contributed by atoms with Crippen LogP contribution in [0.3, 0.4) is 0 Å². The van der Waals surface area contributed by atoms with Gasteiger partial charge in [-0.2, -0.15) is 0 Å². The molecule has 0 amide bonds. The van der Waals surface area contributed by atoms with Crippen LogP contribution >= 0.6 is 23.4 Å². The molecule has 0 aliphatic carbocycles. The van der Waals surface area contributed by atoms with Crippen LogP contribution in [0.4, 0.5) is 0 Å². The molecule has 0 unspecified atom stereocenters. The van der Waals surface area contributed by atoms with E-state index in [0.29, 0.717) is 45.8 Å².